The Balaban J connectivity index is 2.52. The van der Waals surface area contributed by atoms with E-state index in [-0.39, 0.29) is 13.1 Å². The van der Waals surface area contributed by atoms with E-state index in [4.69, 9.17) is 11.5 Å². The third-order valence-corrected chi connectivity index (χ3v) is 1.94. The van der Waals surface area contributed by atoms with Gasteiger partial charge in [-0.05, 0) is 12.1 Å². The molecule has 0 unspecified atom stereocenters. The minimum atomic E-state index is -1.13. The standard InChI is InChI=1S/C11H12N4O3/c1-2-6-15(8-10(16)17)11(18)12-7-9-4-3-5-13-14-9/h1,3-5H,6-8H2,(H,12,18)(H,16,17). The third kappa shape index (κ3) is 4.49. The lowest BCUT2D eigenvalue weighted by Gasteiger charge is -2.18. The Bertz CT molecular complexity index is 455. The molecule has 2 N–H and O–H groups in total. The molecule has 0 aliphatic heterocycles. The van der Waals surface area contributed by atoms with Crippen LogP contribution in [0, 0.1) is 12.3 Å². The fourth-order valence-corrected chi connectivity index (χ4v) is 1.18. The van der Waals surface area contributed by atoms with Crippen LogP contribution < -0.4 is 5.32 Å². The second kappa shape index (κ2) is 6.85. The van der Waals surface area contributed by atoms with Gasteiger partial charge in [0, 0.05) is 6.20 Å². The largest absolute Gasteiger partial charge is 0.480 e. The molecule has 0 aromatic carbocycles. The SMILES string of the molecule is C#CCN(CC(=O)O)C(=O)NCc1cccnn1. The number of hydrogen-bond donors (Lipinski definition) is 2. The predicted molar refractivity (Wildman–Crippen MR) is 62.3 cm³/mol. The molecular formula is C11H12N4O3. The summed E-state index contributed by atoms with van der Waals surface area (Å²) in [5.74, 6) is 1.10. The van der Waals surface area contributed by atoms with E-state index in [9.17, 15) is 9.59 Å². The van der Waals surface area contributed by atoms with Gasteiger partial charge >= 0.3 is 12.0 Å². The Morgan fingerprint density at radius 1 is 1.56 bits per heavy atom. The molecule has 0 aliphatic carbocycles. The van der Waals surface area contributed by atoms with E-state index in [0.717, 1.165) is 4.90 Å². The van der Waals surface area contributed by atoms with E-state index < -0.39 is 18.5 Å². The summed E-state index contributed by atoms with van der Waals surface area (Å²) >= 11 is 0. The van der Waals surface area contributed by atoms with Crippen molar-refractivity contribution in [3.63, 3.8) is 0 Å². The lowest BCUT2D eigenvalue weighted by Crippen LogP contribution is -2.42. The zero-order valence-corrected chi connectivity index (χ0v) is 9.54. The summed E-state index contributed by atoms with van der Waals surface area (Å²) in [4.78, 5) is 23.2. The molecule has 0 saturated carbocycles. The number of terminal acetylenes is 1. The minimum Gasteiger partial charge on any atom is -0.480 e. The number of rotatable bonds is 5. The Morgan fingerprint density at radius 3 is 2.89 bits per heavy atom. The van der Waals surface area contributed by atoms with Gasteiger partial charge in [0.05, 0.1) is 18.8 Å². The molecule has 0 bridgehead atoms. The summed E-state index contributed by atoms with van der Waals surface area (Å²) in [5, 5.41) is 18.6. The van der Waals surface area contributed by atoms with Crippen molar-refractivity contribution < 1.29 is 14.7 Å². The van der Waals surface area contributed by atoms with Crippen molar-refractivity contribution in [2.24, 2.45) is 0 Å². The van der Waals surface area contributed by atoms with E-state index in [1.165, 1.54) is 6.20 Å². The first-order valence-corrected chi connectivity index (χ1v) is 5.08. The highest BCUT2D eigenvalue weighted by atomic mass is 16.4. The summed E-state index contributed by atoms with van der Waals surface area (Å²) in [5.41, 5.74) is 0.571. The fourth-order valence-electron chi connectivity index (χ4n) is 1.18. The molecule has 7 heteroatoms. The monoisotopic (exact) mass is 248 g/mol. The molecule has 0 saturated heterocycles. The number of nitrogens with one attached hydrogen (secondary N) is 1. The van der Waals surface area contributed by atoms with Crippen LogP contribution in [0.5, 0.6) is 0 Å². The zero-order valence-electron chi connectivity index (χ0n) is 9.54. The summed E-state index contributed by atoms with van der Waals surface area (Å²) in [6.45, 7) is -0.359. The molecule has 1 aromatic heterocycles. The number of aliphatic carboxylic acids is 1. The molecule has 1 rings (SSSR count). The number of carbonyl (C=O) groups is 2. The highest BCUT2D eigenvalue weighted by Crippen LogP contribution is 1.93. The molecule has 0 aliphatic rings. The molecule has 7 nitrogen and oxygen atoms in total. The number of hydrogen-bond acceptors (Lipinski definition) is 4. The van der Waals surface area contributed by atoms with Crippen molar-refractivity contribution >= 4 is 12.0 Å². The van der Waals surface area contributed by atoms with Crippen molar-refractivity contribution in [3.05, 3.63) is 24.0 Å². The first kappa shape index (κ1) is 13.4. The Kier molecular flexibility index (Phi) is 5.12. The van der Waals surface area contributed by atoms with E-state index in [1.807, 2.05) is 0 Å². The molecule has 0 fully saturated rings. The number of nitrogens with zero attached hydrogens (tertiary/aromatic N) is 3. The van der Waals surface area contributed by atoms with Crippen molar-refractivity contribution in [3.8, 4) is 12.3 Å². The van der Waals surface area contributed by atoms with Crippen LogP contribution in [-0.2, 0) is 11.3 Å². The van der Waals surface area contributed by atoms with Gasteiger partial charge in [-0.3, -0.25) is 4.79 Å². The van der Waals surface area contributed by atoms with E-state index in [1.54, 1.807) is 12.1 Å². The van der Waals surface area contributed by atoms with Crippen LogP contribution in [0.15, 0.2) is 18.3 Å². The van der Waals surface area contributed by atoms with Crippen LogP contribution in [0.1, 0.15) is 5.69 Å². The number of urea groups is 1. The normalized spacial score (nSPS) is 9.28. The third-order valence-electron chi connectivity index (χ3n) is 1.94. The van der Waals surface area contributed by atoms with Gasteiger partial charge in [0.15, 0.2) is 0 Å². The first-order valence-electron chi connectivity index (χ1n) is 5.08. The Morgan fingerprint density at radius 2 is 2.33 bits per heavy atom. The van der Waals surface area contributed by atoms with Crippen LogP contribution in [0.2, 0.25) is 0 Å². The van der Waals surface area contributed by atoms with E-state index in [0.29, 0.717) is 5.69 Å². The van der Waals surface area contributed by atoms with Gasteiger partial charge in [-0.1, -0.05) is 5.92 Å². The molecule has 18 heavy (non-hydrogen) atoms. The molecule has 0 atom stereocenters. The molecule has 1 heterocycles. The lowest BCUT2D eigenvalue weighted by atomic mass is 10.4. The number of carboxylic acids is 1. The maximum Gasteiger partial charge on any atom is 0.323 e. The van der Waals surface area contributed by atoms with Crippen molar-refractivity contribution in [1.82, 2.24) is 20.4 Å². The average Bonchev–Trinajstić information content (AvgIpc) is 2.36. The maximum absolute atomic E-state index is 11.6. The number of carbonyl (C=O) groups excluding carboxylic acids is 1. The predicted octanol–water partition coefficient (Wildman–Crippen LogP) is -0.294. The lowest BCUT2D eigenvalue weighted by molar-refractivity contribution is -0.137. The van der Waals surface area contributed by atoms with Crippen LogP contribution in [-0.4, -0.2) is 45.3 Å². The van der Waals surface area contributed by atoms with Crippen molar-refractivity contribution in [2.75, 3.05) is 13.1 Å². The van der Waals surface area contributed by atoms with Crippen molar-refractivity contribution in [1.29, 1.82) is 0 Å². The van der Waals surface area contributed by atoms with Crippen LogP contribution in [0.4, 0.5) is 4.79 Å². The van der Waals surface area contributed by atoms with Crippen LogP contribution >= 0.6 is 0 Å². The smallest absolute Gasteiger partial charge is 0.323 e. The van der Waals surface area contributed by atoms with Gasteiger partial charge in [-0.25, -0.2) is 4.79 Å². The van der Waals surface area contributed by atoms with Gasteiger partial charge < -0.3 is 15.3 Å². The van der Waals surface area contributed by atoms with Gasteiger partial charge in [0.1, 0.15) is 6.54 Å². The quantitative estimate of drug-likeness (QED) is 0.698. The van der Waals surface area contributed by atoms with Crippen molar-refractivity contribution in [2.45, 2.75) is 6.54 Å². The molecular weight excluding hydrogens is 236 g/mol. The minimum absolute atomic E-state index is 0.0708. The van der Waals surface area contributed by atoms with E-state index in [2.05, 4.69) is 21.4 Å². The van der Waals surface area contributed by atoms with Crippen LogP contribution in [0.25, 0.3) is 0 Å². The van der Waals surface area contributed by atoms with Gasteiger partial charge in [0.25, 0.3) is 0 Å². The molecule has 0 radical (unpaired) electrons. The molecule has 94 valence electrons. The van der Waals surface area contributed by atoms with Gasteiger partial charge in [0.2, 0.25) is 0 Å². The van der Waals surface area contributed by atoms with Gasteiger partial charge in [-0.15, -0.1) is 6.42 Å². The molecule has 2 amide bonds. The second-order valence-corrected chi connectivity index (χ2v) is 3.33. The van der Waals surface area contributed by atoms with E-state index >= 15 is 0 Å². The highest BCUT2D eigenvalue weighted by molar-refractivity contribution is 5.80. The summed E-state index contributed by atoms with van der Waals surface area (Å²) in [6.07, 6.45) is 6.58. The molecule has 1 aromatic rings. The number of carboxylic acid groups (broad SMARTS) is 1. The highest BCUT2D eigenvalue weighted by Gasteiger charge is 2.15. The zero-order chi connectivity index (χ0) is 13.4. The fraction of sp³-hybridized carbons (Fsp3) is 0.273. The van der Waals surface area contributed by atoms with Gasteiger partial charge in [-0.2, -0.15) is 10.2 Å². The number of amides is 2. The summed E-state index contributed by atoms with van der Waals surface area (Å²) in [7, 11) is 0. The maximum atomic E-state index is 11.6. The topological polar surface area (TPSA) is 95.4 Å². The Labute approximate surface area is 104 Å². The number of aromatic nitrogens is 2. The summed E-state index contributed by atoms with van der Waals surface area (Å²) in [6, 6.07) is 2.82. The Hall–Kier alpha value is -2.62. The average molecular weight is 248 g/mol. The van der Waals surface area contributed by atoms with Crippen LogP contribution in [0.3, 0.4) is 0 Å². The first-order chi connectivity index (χ1) is 8.63. The molecule has 0 spiro atoms. The second-order valence-electron chi connectivity index (χ2n) is 3.33. The summed E-state index contributed by atoms with van der Waals surface area (Å²) < 4.78 is 0.